The fourth-order valence-electron chi connectivity index (χ4n) is 1.70. The number of anilines is 1. The van der Waals surface area contributed by atoms with Crippen molar-refractivity contribution in [3.05, 3.63) is 18.1 Å². The molecular formula is C14H21N5O2. The zero-order valence-electron chi connectivity index (χ0n) is 12.3. The minimum atomic E-state index is -0.591. The molecule has 3 N–H and O–H groups in total. The molecule has 1 aliphatic carbocycles. The van der Waals surface area contributed by atoms with E-state index in [0.717, 1.165) is 25.8 Å². The Labute approximate surface area is 123 Å². The minimum absolute atomic E-state index is 0.168. The molecule has 1 heterocycles. The highest BCUT2D eigenvalue weighted by atomic mass is 16.2. The number of aromatic nitrogens is 2. The highest BCUT2D eigenvalue weighted by molar-refractivity contribution is 5.96. The first-order valence-corrected chi connectivity index (χ1v) is 7.27. The number of hydrogen-bond donors (Lipinski definition) is 3. The standard InChI is InChI=1S/C14H21N5O2/c1-3-6-16-12-8-15-7-11(19-12)14(21)17-9(2)13(20)18-10-4-5-10/h7-10H,3-6H2,1-2H3,(H,16,19)(H,17,21)(H,18,20). The van der Waals surface area contributed by atoms with Crippen molar-refractivity contribution in [2.24, 2.45) is 0 Å². The van der Waals surface area contributed by atoms with Crippen molar-refractivity contribution in [1.82, 2.24) is 20.6 Å². The summed E-state index contributed by atoms with van der Waals surface area (Å²) in [6, 6.07) is -0.314. The second-order valence-corrected chi connectivity index (χ2v) is 5.19. The quantitative estimate of drug-likeness (QED) is 0.687. The average molecular weight is 291 g/mol. The van der Waals surface area contributed by atoms with E-state index in [0.29, 0.717) is 5.82 Å². The van der Waals surface area contributed by atoms with Crippen molar-refractivity contribution in [3.8, 4) is 0 Å². The van der Waals surface area contributed by atoms with Gasteiger partial charge in [0.2, 0.25) is 5.91 Å². The van der Waals surface area contributed by atoms with Gasteiger partial charge < -0.3 is 16.0 Å². The Morgan fingerprint density at radius 2 is 2.14 bits per heavy atom. The molecule has 1 aliphatic rings. The molecule has 114 valence electrons. The maximum absolute atomic E-state index is 12.1. The summed E-state index contributed by atoms with van der Waals surface area (Å²) in [5, 5.41) is 8.55. The van der Waals surface area contributed by atoms with Crippen LogP contribution < -0.4 is 16.0 Å². The van der Waals surface area contributed by atoms with Crippen molar-refractivity contribution in [2.45, 2.75) is 45.2 Å². The van der Waals surface area contributed by atoms with Gasteiger partial charge in [-0.2, -0.15) is 0 Å². The van der Waals surface area contributed by atoms with Crippen LogP contribution >= 0.6 is 0 Å². The molecule has 7 nitrogen and oxygen atoms in total. The summed E-state index contributed by atoms with van der Waals surface area (Å²) in [6.45, 7) is 4.46. The van der Waals surface area contributed by atoms with Crippen LogP contribution in [0.1, 0.15) is 43.6 Å². The summed E-state index contributed by atoms with van der Waals surface area (Å²) in [6.07, 6.45) is 5.94. The van der Waals surface area contributed by atoms with E-state index in [1.54, 1.807) is 13.1 Å². The van der Waals surface area contributed by atoms with Crippen LogP contribution in [0.3, 0.4) is 0 Å². The summed E-state index contributed by atoms with van der Waals surface area (Å²) in [5.41, 5.74) is 0.196. The lowest BCUT2D eigenvalue weighted by atomic mass is 10.3. The Balaban J connectivity index is 1.90. The molecule has 1 unspecified atom stereocenters. The van der Waals surface area contributed by atoms with E-state index in [1.807, 2.05) is 6.92 Å². The van der Waals surface area contributed by atoms with Crippen molar-refractivity contribution >= 4 is 17.6 Å². The second-order valence-electron chi connectivity index (χ2n) is 5.19. The molecule has 1 saturated carbocycles. The molecular weight excluding hydrogens is 270 g/mol. The Hall–Kier alpha value is -2.18. The van der Waals surface area contributed by atoms with Crippen LogP contribution in [-0.2, 0) is 4.79 Å². The molecule has 0 spiro atoms. The molecule has 2 rings (SSSR count). The Bertz CT molecular complexity index is 516. The third kappa shape index (κ3) is 4.70. The minimum Gasteiger partial charge on any atom is -0.369 e. The van der Waals surface area contributed by atoms with E-state index in [9.17, 15) is 9.59 Å². The monoisotopic (exact) mass is 291 g/mol. The van der Waals surface area contributed by atoms with E-state index >= 15 is 0 Å². The fourth-order valence-corrected chi connectivity index (χ4v) is 1.70. The van der Waals surface area contributed by atoms with Crippen molar-refractivity contribution in [3.63, 3.8) is 0 Å². The van der Waals surface area contributed by atoms with E-state index in [2.05, 4.69) is 25.9 Å². The molecule has 7 heteroatoms. The van der Waals surface area contributed by atoms with Gasteiger partial charge in [0, 0.05) is 12.6 Å². The summed E-state index contributed by atoms with van der Waals surface area (Å²) in [7, 11) is 0. The number of rotatable bonds is 7. The molecule has 0 bridgehead atoms. The Morgan fingerprint density at radius 3 is 2.81 bits per heavy atom. The van der Waals surface area contributed by atoms with Gasteiger partial charge in [0.15, 0.2) is 0 Å². The van der Waals surface area contributed by atoms with Gasteiger partial charge in [-0.25, -0.2) is 4.98 Å². The molecule has 0 radical (unpaired) electrons. The van der Waals surface area contributed by atoms with Crippen molar-refractivity contribution in [1.29, 1.82) is 0 Å². The van der Waals surface area contributed by atoms with E-state index in [-0.39, 0.29) is 17.6 Å². The third-order valence-electron chi connectivity index (χ3n) is 3.09. The molecule has 0 aromatic carbocycles. The normalized spacial score (nSPS) is 15.1. The van der Waals surface area contributed by atoms with E-state index in [1.165, 1.54) is 6.20 Å². The Kier molecular flexibility index (Phi) is 5.08. The van der Waals surface area contributed by atoms with Gasteiger partial charge in [0.05, 0.1) is 12.4 Å². The maximum Gasteiger partial charge on any atom is 0.272 e. The zero-order chi connectivity index (χ0) is 15.2. The van der Waals surface area contributed by atoms with Crippen LogP contribution in [0.4, 0.5) is 5.82 Å². The van der Waals surface area contributed by atoms with Crippen LogP contribution in [0.2, 0.25) is 0 Å². The number of carbonyl (C=O) groups is 2. The highest BCUT2D eigenvalue weighted by Gasteiger charge is 2.26. The molecule has 0 aliphatic heterocycles. The highest BCUT2D eigenvalue weighted by Crippen LogP contribution is 2.18. The molecule has 0 saturated heterocycles. The van der Waals surface area contributed by atoms with E-state index in [4.69, 9.17) is 0 Å². The SMILES string of the molecule is CCCNc1cncc(C(=O)NC(C)C(=O)NC2CC2)n1. The summed E-state index contributed by atoms with van der Waals surface area (Å²) >= 11 is 0. The summed E-state index contributed by atoms with van der Waals surface area (Å²) in [4.78, 5) is 32.0. The van der Waals surface area contributed by atoms with Crippen LogP contribution in [0, 0.1) is 0 Å². The van der Waals surface area contributed by atoms with Crippen LogP contribution in [0.15, 0.2) is 12.4 Å². The zero-order valence-corrected chi connectivity index (χ0v) is 12.3. The molecule has 2 amide bonds. The molecule has 21 heavy (non-hydrogen) atoms. The van der Waals surface area contributed by atoms with Crippen molar-refractivity contribution < 1.29 is 9.59 Å². The number of carbonyl (C=O) groups excluding carboxylic acids is 2. The first kappa shape index (κ1) is 15.2. The lowest BCUT2D eigenvalue weighted by Gasteiger charge is -2.13. The first-order chi connectivity index (χ1) is 10.1. The number of hydrogen-bond acceptors (Lipinski definition) is 5. The smallest absolute Gasteiger partial charge is 0.272 e. The second kappa shape index (κ2) is 7.01. The van der Waals surface area contributed by atoms with Crippen LogP contribution in [-0.4, -0.2) is 40.4 Å². The lowest BCUT2D eigenvalue weighted by Crippen LogP contribution is -2.45. The van der Waals surface area contributed by atoms with E-state index < -0.39 is 11.9 Å². The number of nitrogens with one attached hydrogen (secondary N) is 3. The Morgan fingerprint density at radius 1 is 1.38 bits per heavy atom. The molecule has 1 fully saturated rings. The first-order valence-electron chi connectivity index (χ1n) is 7.27. The summed E-state index contributed by atoms with van der Waals surface area (Å²) < 4.78 is 0. The summed E-state index contributed by atoms with van der Waals surface area (Å²) in [5.74, 6) is -0.0141. The fraction of sp³-hybridized carbons (Fsp3) is 0.571. The number of amides is 2. The molecule has 1 atom stereocenters. The van der Waals surface area contributed by atoms with Crippen LogP contribution in [0.5, 0.6) is 0 Å². The van der Waals surface area contributed by atoms with Gasteiger partial charge in [-0.05, 0) is 26.2 Å². The molecule has 1 aromatic heterocycles. The number of nitrogens with zero attached hydrogens (tertiary/aromatic N) is 2. The van der Waals surface area contributed by atoms with Gasteiger partial charge in [-0.15, -0.1) is 0 Å². The van der Waals surface area contributed by atoms with Crippen molar-refractivity contribution in [2.75, 3.05) is 11.9 Å². The average Bonchev–Trinajstić information content (AvgIpc) is 3.29. The maximum atomic E-state index is 12.1. The third-order valence-corrected chi connectivity index (χ3v) is 3.09. The van der Waals surface area contributed by atoms with Gasteiger partial charge >= 0.3 is 0 Å². The predicted octanol–water partition coefficient (Wildman–Crippen LogP) is 0.695. The van der Waals surface area contributed by atoms with Gasteiger partial charge in [0.25, 0.3) is 5.91 Å². The van der Waals surface area contributed by atoms with Gasteiger partial charge in [0.1, 0.15) is 17.6 Å². The van der Waals surface area contributed by atoms with Crippen LogP contribution in [0.25, 0.3) is 0 Å². The predicted molar refractivity (Wildman–Crippen MR) is 78.9 cm³/mol. The molecule has 1 aromatic rings. The topological polar surface area (TPSA) is 96.0 Å². The lowest BCUT2D eigenvalue weighted by molar-refractivity contribution is -0.122. The largest absolute Gasteiger partial charge is 0.369 e. The van der Waals surface area contributed by atoms with Gasteiger partial charge in [-0.3, -0.25) is 14.6 Å². The van der Waals surface area contributed by atoms with Gasteiger partial charge in [-0.1, -0.05) is 6.92 Å².